The number of thioether (sulfide) groups is 1. The molecule has 0 bridgehead atoms. The molecular weight excluding hydrogens is 374 g/mol. The van der Waals surface area contributed by atoms with Crippen molar-refractivity contribution in [3.63, 3.8) is 0 Å². The van der Waals surface area contributed by atoms with E-state index in [1.165, 1.54) is 11.8 Å². The van der Waals surface area contributed by atoms with Gasteiger partial charge in [0.2, 0.25) is 11.1 Å². The molecule has 1 atom stereocenters. The smallest absolute Gasteiger partial charge is 0.235 e. The molecule has 0 saturated heterocycles. The number of likely N-dealkylation sites (N-methyl/N-ethyl adjacent to an activating group) is 1. The van der Waals surface area contributed by atoms with Gasteiger partial charge in [0.05, 0.1) is 11.8 Å². The molecule has 0 fully saturated rings. The molecule has 0 saturated carbocycles. The predicted octanol–water partition coefficient (Wildman–Crippen LogP) is 3.00. The number of ether oxygens (including phenoxy) is 1. The summed E-state index contributed by atoms with van der Waals surface area (Å²) in [5.74, 6) is 1.16. The Labute approximate surface area is 163 Å². The molecule has 2 rings (SSSR count). The Morgan fingerprint density at radius 2 is 2.00 bits per heavy atom. The van der Waals surface area contributed by atoms with Crippen molar-refractivity contribution in [3.8, 4) is 5.75 Å². The van der Waals surface area contributed by atoms with E-state index in [0.29, 0.717) is 29.2 Å². The number of benzene rings is 1. The second kappa shape index (κ2) is 9.78. The third-order valence-electron chi connectivity index (χ3n) is 3.55. The van der Waals surface area contributed by atoms with Gasteiger partial charge in [0.1, 0.15) is 12.4 Å². The van der Waals surface area contributed by atoms with Crippen LogP contribution in [0.4, 0.5) is 0 Å². The molecule has 1 aromatic carbocycles. The first-order chi connectivity index (χ1) is 12.4. The van der Waals surface area contributed by atoms with Crippen LogP contribution in [0.15, 0.2) is 29.4 Å². The van der Waals surface area contributed by atoms with E-state index in [1.54, 1.807) is 40.9 Å². The van der Waals surface area contributed by atoms with Gasteiger partial charge in [-0.05, 0) is 47.5 Å². The van der Waals surface area contributed by atoms with E-state index in [9.17, 15) is 4.79 Å². The molecule has 0 aliphatic rings. The van der Waals surface area contributed by atoms with Gasteiger partial charge < -0.3 is 9.64 Å². The lowest BCUT2D eigenvalue weighted by Gasteiger charge is -2.21. The van der Waals surface area contributed by atoms with Crippen LogP contribution in [-0.2, 0) is 11.3 Å². The number of carbonyl (C=O) groups is 1. The first kappa shape index (κ1) is 20.5. The average molecular weight is 398 g/mol. The third kappa shape index (κ3) is 6.17. The van der Waals surface area contributed by atoms with Gasteiger partial charge in [0, 0.05) is 18.6 Å². The van der Waals surface area contributed by atoms with Crippen LogP contribution in [0, 0.1) is 5.92 Å². The van der Waals surface area contributed by atoms with Crippen molar-refractivity contribution >= 4 is 29.3 Å². The highest BCUT2D eigenvalue weighted by molar-refractivity contribution is 8.00. The SMILES string of the molecule is CC(C)Cn1nnnc1SC(C)C(=O)N(C)CCOc1ccc(Cl)cc1. The highest BCUT2D eigenvalue weighted by Gasteiger charge is 2.21. The summed E-state index contributed by atoms with van der Waals surface area (Å²) in [6, 6.07) is 7.14. The van der Waals surface area contributed by atoms with Gasteiger partial charge in [-0.15, -0.1) is 5.10 Å². The van der Waals surface area contributed by atoms with E-state index in [0.717, 1.165) is 12.3 Å². The van der Waals surface area contributed by atoms with Gasteiger partial charge in [-0.3, -0.25) is 4.79 Å². The van der Waals surface area contributed by atoms with Crippen molar-refractivity contribution in [3.05, 3.63) is 29.3 Å². The maximum atomic E-state index is 12.5. The largest absolute Gasteiger partial charge is 0.492 e. The average Bonchev–Trinajstić information content (AvgIpc) is 3.01. The predicted molar refractivity (Wildman–Crippen MR) is 103 cm³/mol. The molecule has 1 unspecified atom stereocenters. The first-order valence-electron chi connectivity index (χ1n) is 8.43. The van der Waals surface area contributed by atoms with E-state index in [2.05, 4.69) is 29.4 Å². The molecule has 7 nitrogen and oxygen atoms in total. The second-order valence-corrected chi connectivity index (χ2v) is 8.10. The van der Waals surface area contributed by atoms with Gasteiger partial charge in [0.15, 0.2) is 0 Å². The summed E-state index contributed by atoms with van der Waals surface area (Å²) in [4.78, 5) is 14.2. The maximum absolute atomic E-state index is 12.5. The van der Waals surface area contributed by atoms with Crippen LogP contribution >= 0.6 is 23.4 Å². The van der Waals surface area contributed by atoms with Gasteiger partial charge >= 0.3 is 0 Å². The maximum Gasteiger partial charge on any atom is 0.235 e. The van der Waals surface area contributed by atoms with Crippen molar-refractivity contribution in [1.29, 1.82) is 0 Å². The topological polar surface area (TPSA) is 73.1 Å². The Morgan fingerprint density at radius 1 is 1.31 bits per heavy atom. The Morgan fingerprint density at radius 3 is 2.65 bits per heavy atom. The number of nitrogens with zero attached hydrogens (tertiary/aromatic N) is 5. The number of hydrogen-bond donors (Lipinski definition) is 0. The normalized spacial score (nSPS) is 12.2. The molecule has 0 radical (unpaired) electrons. The monoisotopic (exact) mass is 397 g/mol. The molecule has 9 heteroatoms. The van der Waals surface area contributed by atoms with Crippen molar-refractivity contribution in [1.82, 2.24) is 25.1 Å². The molecule has 1 aromatic heterocycles. The quantitative estimate of drug-likeness (QED) is 0.605. The highest BCUT2D eigenvalue weighted by Crippen LogP contribution is 2.22. The minimum Gasteiger partial charge on any atom is -0.492 e. The van der Waals surface area contributed by atoms with Gasteiger partial charge in [-0.25, -0.2) is 4.68 Å². The fraction of sp³-hybridized carbons (Fsp3) is 0.529. The van der Waals surface area contributed by atoms with Gasteiger partial charge in [-0.1, -0.05) is 37.2 Å². The highest BCUT2D eigenvalue weighted by atomic mass is 35.5. The number of amides is 1. The first-order valence-corrected chi connectivity index (χ1v) is 9.68. The lowest BCUT2D eigenvalue weighted by atomic mass is 10.2. The molecule has 0 aliphatic carbocycles. The third-order valence-corrected chi connectivity index (χ3v) is 4.86. The Kier molecular flexibility index (Phi) is 7.71. The Bertz CT molecular complexity index is 707. The summed E-state index contributed by atoms with van der Waals surface area (Å²) in [5, 5.41) is 12.7. The van der Waals surface area contributed by atoms with Gasteiger partial charge in [0.25, 0.3) is 0 Å². The minimum absolute atomic E-state index is 0.00815. The lowest BCUT2D eigenvalue weighted by Crippen LogP contribution is -2.36. The molecule has 1 heterocycles. The van der Waals surface area contributed by atoms with E-state index < -0.39 is 0 Å². The van der Waals surface area contributed by atoms with Crippen LogP contribution in [0.1, 0.15) is 20.8 Å². The zero-order valence-electron chi connectivity index (χ0n) is 15.4. The fourth-order valence-electron chi connectivity index (χ4n) is 2.20. The number of halogens is 1. The number of tetrazole rings is 1. The summed E-state index contributed by atoms with van der Waals surface area (Å²) in [6.45, 7) is 7.67. The van der Waals surface area contributed by atoms with Crippen LogP contribution in [-0.4, -0.2) is 56.5 Å². The molecule has 2 aromatic rings. The minimum atomic E-state index is -0.285. The summed E-state index contributed by atoms with van der Waals surface area (Å²) in [5.41, 5.74) is 0. The van der Waals surface area contributed by atoms with Crippen molar-refractivity contribution in [2.75, 3.05) is 20.2 Å². The van der Waals surface area contributed by atoms with Crippen LogP contribution in [0.25, 0.3) is 0 Å². The zero-order chi connectivity index (χ0) is 19.1. The number of hydrogen-bond acceptors (Lipinski definition) is 6. The van der Waals surface area contributed by atoms with Crippen LogP contribution < -0.4 is 4.74 Å². The number of aromatic nitrogens is 4. The van der Waals surface area contributed by atoms with Crippen LogP contribution in [0.5, 0.6) is 5.75 Å². The Hall–Kier alpha value is -1.80. The molecule has 142 valence electrons. The lowest BCUT2D eigenvalue weighted by molar-refractivity contribution is -0.129. The van der Waals surface area contributed by atoms with E-state index in [4.69, 9.17) is 16.3 Å². The fourth-order valence-corrected chi connectivity index (χ4v) is 3.24. The summed E-state index contributed by atoms with van der Waals surface area (Å²) in [7, 11) is 1.77. The van der Waals surface area contributed by atoms with E-state index in [-0.39, 0.29) is 11.2 Å². The zero-order valence-corrected chi connectivity index (χ0v) is 17.0. The summed E-state index contributed by atoms with van der Waals surface area (Å²) in [6.07, 6.45) is 0. The van der Waals surface area contributed by atoms with E-state index >= 15 is 0 Å². The Balaban J connectivity index is 1.81. The number of carbonyl (C=O) groups excluding carboxylic acids is 1. The number of rotatable bonds is 9. The standard InChI is InChI=1S/C17H24ClN5O2S/c1-12(2)11-23-17(19-20-21-23)26-13(3)16(24)22(4)9-10-25-15-7-5-14(18)6-8-15/h5-8,12-13H,9-11H2,1-4H3. The summed E-state index contributed by atoms with van der Waals surface area (Å²) >= 11 is 7.21. The van der Waals surface area contributed by atoms with Crippen LogP contribution in [0.2, 0.25) is 5.02 Å². The molecular formula is C17H24ClN5O2S. The van der Waals surface area contributed by atoms with Crippen LogP contribution in [0.3, 0.4) is 0 Å². The molecule has 0 spiro atoms. The second-order valence-electron chi connectivity index (χ2n) is 6.36. The van der Waals surface area contributed by atoms with Crippen molar-refractivity contribution < 1.29 is 9.53 Å². The van der Waals surface area contributed by atoms with E-state index in [1.807, 2.05) is 6.92 Å². The molecule has 0 N–H and O–H groups in total. The van der Waals surface area contributed by atoms with Crippen molar-refractivity contribution in [2.24, 2.45) is 5.92 Å². The molecule has 26 heavy (non-hydrogen) atoms. The van der Waals surface area contributed by atoms with Gasteiger partial charge in [-0.2, -0.15) is 0 Å². The molecule has 0 aliphatic heterocycles. The summed E-state index contributed by atoms with van der Waals surface area (Å²) < 4.78 is 7.37. The molecule has 1 amide bonds. The van der Waals surface area contributed by atoms with Crippen molar-refractivity contribution in [2.45, 2.75) is 37.7 Å².